The van der Waals surface area contributed by atoms with Crippen LogP contribution in [0, 0.1) is 5.82 Å². The third kappa shape index (κ3) is 2.77. The van der Waals surface area contributed by atoms with Gasteiger partial charge in [-0.2, -0.15) is 0 Å². The van der Waals surface area contributed by atoms with Gasteiger partial charge in [0, 0.05) is 24.7 Å². The molecule has 2 N–H and O–H groups in total. The van der Waals surface area contributed by atoms with Gasteiger partial charge in [-0.3, -0.25) is 0 Å². The molecule has 4 nitrogen and oxygen atoms in total. The average Bonchev–Trinajstić information content (AvgIpc) is 2.49. The Kier molecular flexibility index (Phi) is 3.60. The molecule has 0 unspecified atom stereocenters. The molecule has 2 aromatic rings. The Morgan fingerprint density at radius 3 is 2.30 bits per heavy atom. The van der Waals surface area contributed by atoms with Crippen molar-refractivity contribution in [1.82, 2.24) is 10.2 Å². The van der Waals surface area contributed by atoms with E-state index in [-0.39, 0.29) is 5.82 Å². The van der Waals surface area contributed by atoms with E-state index in [2.05, 4.69) is 15.1 Å². The Morgan fingerprint density at radius 2 is 1.70 bits per heavy atom. The van der Waals surface area contributed by atoms with Crippen LogP contribution in [-0.2, 0) is 0 Å². The van der Waals surface area contributed by atoms with Gasteiger partial charge in [0.15, 0.2) is 5.82 Å². The first-order valence-electron chi connectivity index (χ1n) is 6.82. The summed E-state index contributed by atoms with van der Waals surface area (Å²) in [5.41, 5.74) is 7.51. The molecule has 1 aromatic heterocycles. The van der Waals surface area contributed by atoms with Gasteiger partial charge in [0.05, 0.1) is 5.69 Å². The highest BCUT2D eigenvalue weighted by Gasteiger charge is 2.17. The molecule has 2 heterocycles. The number of nitrogens with zero attached hydrogens (tertiary/aromatic N) is 3. The Hall–Kier alpha value is -2.01. The molecule has 1 aliphatic heterocycles. The fourth-order valence-electron chi connectivity index (χ4n) is 2.40. The van der Waals surface area contributed by atoms with Gasteiger partial charge in [0.25, 0.3) is 0 Å². The van der Waals surface area contributed by atoms with E-state index in [0.717, 1.165) is 43.0 Å². The zero-order chi connectivity index (χ0) is 13.9. The average molecular weight is 272 g/mol. The van der Waals surface area contributed by atoms with E-state index in [0.29, 0.717) is 6.04 Å². The molecular weight excluding hydrogens is 255 g/mol. The summed E-state index contributed by atoms with van der Waals surface area (Å²) in [5.74, 6) is 0.630. The van der Waals surface area contributed by atoms with E-state index in [4.69, 9.17) is 5.73 Å². The number of benzene rings is 1. The Labute approximate surface area is 117 Å². The summed E-state index contributed by atoms with van der Waals surface area (Å²) >= 11 is 0. The minimum Gasteiger partial charge on any atom is -0.355 e. The number of halogens is 1. The van der Waals surface area contributed by atoms with Crippen LogP contribution in [0.4, 0.5) is 10.2 Å². The number of aromatic nitrogens is 2. The largest absolute Gasteiger partial charge is 0.355 e. The number of hydrogen-bond donors (Lipinski definition) is 1. The molecule has 0 aliphatic carbocycles. The summed E-state index contributed by atoms with van der Waals surface area (Å²) in [5, 5.41) is 8.50. The third-order valence-electron chi connectivity index (χ3n) is 3.65. The number of hydrogen-bond acceptors (Lipinski definition) is 4. The standard InChI is InChI=1S/C15H17FN4/c16-12-3-1-11(2-4-12)14-5-6-15(19-18-14)20-9-7-13(17)8-10-20/h1-6,13H,7-10,17H2. The maximum Gasteiger partial charge on any atom is 0.151 e. The Morgan fingerprint density at radius 1 is 1.00 bits per heavy atom. The normalized spacial score (nSPS) is 16.4. The van der Waals surface area contributed by atoms with E-state index in [1.165, 1.54) is 12.1 Å². The lowest BCUT2D eigenvalue weighted by Crippen LogP contribution is -2.40. The van der Waals surface area contributed by atoms with Gasteiger partial charge in [-0.25, -0.2) is 4.39 Å². The summed E-state index contributed by atoms with van der Waals surface area (Å²) < 4.78 is 12.9. The lowest BCUT2D eigenvalue weighted by Gasteiger charge is -2.30. The Bertz CT molecular complexity index is 559. The molecule has 1 aromatic carbocycles. The first-order valence-corrected chi connectivity index (χ1v) is 6.82. The highest BCUT2D eigenvalue weighted by atomic mass is 19.1. The molecule has 0 bridgehead atoms. The number of piperidine rings is 1. The molecule has 0 amide bonds. The van der Waals surface area contributed by atoms with Crippen molar-refractivity contribution in [3.63, 3.8) is 0 Å². The van der Waals surface area contributed by atoms with Crippen LogP contribution in [0.1, 0.15) is 12.8 Å². The minimum absolute atomic E-state index is 0.247. The van der Waals surface area contributed by atoms with Gasteiger partial charge in [-0.05, 0) is 49.2 Å². The SMILES string of the molecule is NC1CCN(c2ccc(-c3ccc(F)cc3)nn2)CC1. The van der Waals surface area contributed by atoms with Crippen LogP contribution in [0.15, 0.2) is 36.4 Å². The van der Waals surface area contributed by atoms with Crippen molar-refractivity contribution in [2.75, 3.05) is 18.0 Å². The van der Waals surface area contributed by atoms with Crippen molar-refractivity contribution in [2.24, 2.45) is 5.73 Å². The molecule has 1 saturated heterocycles. The van der Waals surface area contributed by atoms with Crippen LogP contribution >= 0.6 is 0 Å². The van der Waals surface area contributed by atoms with E-state index < -0.39 is 0 Å². The van der Waals surface area contributed by atoms with Crippen molar-refractivity contribution in [3.05, 3.63) is 42.2 Å². The summed E-state index contributed by atoms with van der Waals surface area (Å²) in [6, 6.07) is 10.5. The van der Waals surface area contributed by atoms with Crippen molar-refractivity contribution < 1.29 is 4.39 Å². The molecule has 1 fully saturated rings. The monoisotopic (exact) mass is 272 g/mol. The molecular formula is C15H17FN4. The van der Waals surface area contributed by atoms with Crippen LogP contribution in [0.5, 0.6) is 0 Å². The second-order valence-corrected chi connectivity index (χ2v) is 5.11. The van der Waals surface area contributed by atoms with Crippen molar-refractivity contribution in [3.8, 4) is 11.3 Å². The molecule has 0 saturated carbocycles. The van der Waals surface area contributed by atoms with Crippen LogP contribution in [0.2, 0.25) is 0 Å². The fourth-order valence-corrected chi connectivity index (χ4v) is 2.40. The van der Waals surface area contributed by atoms with Crippen LogP contribution in [0.25, 0.3) is 11.3 Å². The van der Waals surface area contributed by atoms with Gasteiger partial charge < -0.3 is 10.6 Å². The molecule has 0 spiro atoms. The molecule has 3 rings (SSSR count). The topological polar surface area (TPSA) is 55.0 Å². The van der Waals surface area contributed by atoms with E-state index >= 15 is 0 Å². The lowest BCUT2D eigenvalue weighted by atomic mass is 10.1. The number of nitrogens with two attached hydrogens (primary N) is 1. The lowest BCUT2D eigenvalue weighted by molar-refractivity contribution is 0.497. The molecule has 5 heteroatoms. The molecule has 0 atom stereocenters. The van der Waals surface area contributed by atoms with Crippen molar-refractivity contribution >= 4 is 5.82 Å². The first-order chi connectivity index (χ1) is 9.72. The predicted octanol–water partition coefficient (Wildman–Crippen LogP) is 2.21. The van der Waals surface area contributed by atoms with Gasteiger partial charge in [-0.1, -0.05) is 0 Å². The molecule has 0 radical (unpaired) electrons. The van der Waals surface area contributed by atoms with Crippen molar-refractivity contribution in [2.45, 2.75) is 18.9 Å². The first kappa shape index (κ1) is 13.0. The van der Waals surface area contributed by atoms with Crippen LogP contribution in [-0.4, -0.2) is 29.3 Å². The third-order valence-corrected chi connectivity index (χ3v) is 3.65. The van der Waals surface area contributed by atoms with Crippen LogP contribution in [0.3, 0.4) is 0 Å². The van der Waals surface area contributed by atoms with Gasteiger partial charge >= 0.3 is 0 Å². The quantitative estimate of drug-likeness (QED) is 0.910. The molecule has 104 valence electrons. The highest BCUT2D eigenvalue weighted by Crippen LogP contribution is 2.20. The van der Waals surface area contributed by atoms with Gasteiger partial charge in [-0.15, -0.1) is 10.2 Å². The highest BCUT2D eigenvalue weighted by molar-refractivity contribution is 5.59. The minimum atomic E-state index is -0.247. The van der Waals surface area contributed by atoms with Gasteiger partial charge in [0.1, 0.15) is 5.82 Å². The number of rotatable bonds is 2. The molecule has 20 heavy (non-hydrogen) atoms. The smallest absolute Gasteiger partial charge is 0.151 e. The van der Waals surface area contributed by atoms with E-state index in [9.17, 15) is 4.39 Å². The summed E-state index contributed by atoms with van der Waals surface area (Å²) in [7, 11) is 0. The second-order valence-electron chi connectivity index (χ2n) is 5.11. The van der Waals surface area contributed by atoms with E-state index in [1.54, 1.807) is 12.1 Å². The van der Waals surface area contributed by atoms with Crippen molar-refractivity contribution in [1.29, 1.82) is 0 Å². The second kappa shape index (κ2) is 5.54. The summed E-state index contributed by atoms with van der Waals surface area (Å²) in [6.07, 6.45) is 1.97. The van der Waals surface area contributed by atoms with Gasteiger partial charge in [0.2, 0.25) is 0 Å². The maximum absolute atomic E-state index is 12.9. The summed E-state index contributed by atoms with van der Waals surface area (Å²) in [4.78, 5) is 2.20. The Balaban J connectivity index is 1.76. The molecule has 1 aliphatic rings. The zero-order valence-corrected chi connectivity index (χ0v) is 11.2. The predicted molar refractivity (Wildman–Crippen MR) is 76.8 cm³/mol. The fraction of sp³-hybridized carbons (Fsp3) is 0.333. The number of anilines is 1. The zero-order valence-electron chi connectivity index (χ0n) is 11.2. The summed E-state index contributed by atoms with van der Waals surface area (Å²) in [6.45, 7) is 1.84. The van der Waals surface area contributed by atoms with Crippen LogP contribution < -0.4 is 10.6 Å². The van der Waals surface area contributed by atoms with E-state index in [1.807, 2.05) is 12.1 Å². The maximum atomic E-state index is 12.9.